The van der Waals surface area contributed by atoms with Gasteiger partial charge in [-0.25, -0.2) is 15.0 Å². The van der Waals surface area contributed by atoms with Gasteiger partial charge in [-0.1, -0.05) is 158 Å². The minimum Gasteiger partial charge on any atom is -0.456 e. The molecule has 0 radical (unpaired) electrons. The van der Waals surface area contributed by atoms with Crippen LogP contribution in [-0.4, -0.2) is 15.0 Å². The van der Waals surface area contributed by atoms with E-state index in [4.69, 9.17) is 19.4 Å². The van der Waals surface area contributed by atoms with Crippen LogP contribution in [-0.2, 0) is 0 Å². The van der Waals surface area contributed by atoms with E-state index in [-0.39, 0.29) is 0 Å². The van der Waals surface area contributed by atoms with Crippen LogP contribution in [0.4, 0.5) is 17.1 Å². The lowest BCUT2D eigenvalue weighted by molar-refractivity contribution is 0.669. The molecule has 0 aliphatic rings. The van der Waals surface area contributed by atoms with Crippen molar-refractivity contribution in [3.63, 3.8) is 0 Å². The van der Waals surface area contributed by atoms with Gasteiger partial charge >= 0.3 is 0 Å². The van der Waals surface area contributed by atoms with Crippen molar-refractivity contribution in [2.45, 2.75) is 0 Å². The summed E-state index contributed by atoms with van der Waals surface area (Å²) in [5.41, 5.74) is 12.0. The molecule has 0 fully saturated rings. The molecule has 0 bridgehead atoms. The summed E-state index contributed by atoms with van der Waals surface area (Å²) in [6, 6.07) is 71.0. The Labute approximate surface area is 324 Å². The first kappa shape index (κ1) is 33.0. The van der Waals surface area contributed by atoms with E-state index < -0.39 is 0 Å². The number of anilines is 3. The maximum atomic E-state index is 6.67. The predicted molar refractivity (Wildman–Crippen MR) is 229 cm³/mol. The molecule has 10 rings (SSSR count). The third-order valence-corrected chi connectivity index (χ3v) is 10.1. The summed E-state index contributed by atoms with van der Waals surface area (Å²) in [6.45, 7) is 0. The van der Waals surface area contributed by atoms with Gasteiger partial charge in [-0.05, 0) is 64.7 Å². The van der Waals surface area contributed by atoms with Crippen LogP contribution in [0.15, 0.2) is 211 Å². The van der Waals surface area contributed by atoms with Gasteiger partial charge in [-0.3, -0.25) is 0 Å². The van der Waals surface area contributed by atoms with Crippen LogP contribution in [0.2, 0.25) is 0 Å². The van der Waals surface area contributed by atoms with Crippen LogP contribution in [0.25, 0.3) is 78.4 Å². The van der Waals surface area contributed by atoms with E-state index in [1.165, 1.54) is 16.7 Å². The second-order valence-corrected chi connectivity index (χ2v) is 13.6. The smallest absolute Gasteiger partial charge is 0.164 e. The van der Waals surface area contributed by atoms with Crippen LogP contribution >= 0.6 is 0 Å². The Hall–Kier alpha value is -7.63. The fourth-order valence-corrected chi connectivity index (χ4v) is 7.51. The number of hydrogen-bond donors (Lipinski definition) is 0. The minimum atomic E-state index is 0.591. The fourth-order valence-electron chi connectivity index (χ4n) is 7.51. The summed E-state index contributed by atoms with van der Waals surface area (Å²) < 4.78 is 6.67. The summed E-state index contributed by atoms with van der Waals surface area (Å²) in [5, 5.41) is 1.95. The Bertz CT molecular complexity index is 2910. The zero-order chi connectivity index (χ0) is 37.3. The van der Waals surface area contributed by atoms with Crippen LogP contribution in [0.1, 0.15) is 0 Å². The highest BCUT2D eigenvalue weighted by Crippen LogP contribution is 2.42. The fraction of sp³-hybridized carbons (Fsp3) is 0. The molecular weight excluding hydrogens is 685 g/mol. The first-order valence-electron chi connectivity index (χ1n) is 18.7. The van der Waals surface area contributed by atoms with Crippen molar-refractivity contribution in [1.82, 2.24) is 15.0 Å². The van der Waals surface area contributed by atoms with Crippen molar-refractivity contribution >= 4 is 39.0 Å². The first-order valence-corrected chi connectivity index (χ1v) is 18.7. The van der Waals surface area contributed by atoms with Gasteiger partial charge in [-0.15, -0.1) is 0 Å². The molecule has 10 aromatic rings. The minimum absolute atomic E-state index is 0.591. The number of hydrogen-bond acceptors (Lipinski definition) is 5. The number of nitrogens with zero attached hydrogens (tertiary/aromatic N) is 4. The van der Waals surface area contributed by atoms with Gasteiger partial charge in [0, 0.05) is 50.6 Å². The van der Waals surface area contributed by atoms with Gasteiger partial charge in [0.25, 0.3) is 0 Å². The summed E-state index contributed by atoms with van der Waals surface area (Å²) in [7, 11) is 0. The quantitative estimate of drug-likeness (QED) is 0.157. The van der Waals surface area contributed by atoms with Gasteiger partial charge in [-0.2, -0.15) is 0 Å². The molecule has 8 aromatic carbocycles. The Morgan fingerprint density at radius 1 is 0.321 bits per heavy atom. The van der Waals surface area contributed by atoms with Gasteiger partial charge in [0.1, 0.15) is 11.2 Å². The number of rotatable bonds is 8. The molecule has 0 saturated carbocycles. The standard InChI is InChI=1S/C51H34N4O/c1-5-17-35(18-6-1)42-27-13-14-28-43(42)38-23-15-26-40(33-38)55(39-24-11-4-12-25-39)41-31-32-44-47(34-41)56-46-30-16-29-45(48(44)46)51-53-49(36-19-7-2-8-20-36)52-50(54-51)37-21-9-3-10-22-37/h1-34H. The Balaban J connectivity index is 1.11. The van der Waals surface area contributed by atoms with Crippen LogP contribution in [0.3, 0.4) is 0 Å². The third kappa shape index (κ3) is 6.17. The van der Waals surface area contributed by atoms with Gasteiger partial charge < -0.3 is 9.32 Å². The molecule has 2 aromatic heterocycles. The summed E-state index contributed by atoms with van der Waals surface area (Å²) in [6.07, 6.45) is 0. The molecule has 0 spiro atoms. The van der Waals surface area contributed by atoms with Crippen molar-refractivity contribution in [2.24, 2.45) is 0 Å². The zero-order valence-corrected chi connectivity index (χ0v) is 30.3. The SMILES string of the molecule is c1ccc(-c2nc(-c3ccccc3)nc(-c3cccc4oc5cc(N(c6ccccc6)c6cccc(-c7ccccc7-c7ccccc7)c6)ccc5c34)n2)cc1. The molecule has 2 heterocycles. The van der Waals surface area contributed by atoms with Crippen molar-refractivity contribution in [3.05, 3.63) is 206 Å². The Kier molecular flexibility index (Phi) is 8.43. The highest BCUT2D eigenvalue weighted by Gasteiger charge is 2.20. The van der Waals surface area contributed by atoms with Crippen molar-refractivity contribution < 1.29 is 4.42 Å². The van der Waals surface area contributed by atoms with E-state index >= 15 is 0 Å². The monoisotopic (exact) mass is 718 g/mol. The van der Waals surface area contributed by atoms with E-state index in [1.54, 1.807) is 0 Å². The third-order valence-electron chi connectivity index (χ3n) is 10.1. The molecule has 5 heteroatoms. The number of para-hydroxylation sites is 1. The Morgan fingerprint density at radius 2 is 0.804 bits per heavy atom. The maximum Gasteiger partial charge on any atom is 0.164 e. The van der Waals surface area contributed by atoms with E-state index in [9.17, 15) is 0 Å². The topological polar surface area (TPSA) is 55.1 Å². The zero-order valence-electron chi connectivity index (χ0n) is 30.3. The summed E-state index contributed by atoms with van der Waals surface area (Å²) >= 11 is 0. The average molecular weight is 719 g/mol. The highest BCUT2D eigenvalue weighted by atomic mass is 16.3. The van der Waals surface area contributed by atoms with Crippen LogP contribution in [0.5, 0.6) is 0 Å². The molecule has 5 nitrogen and oxygen atoms in total. The second-order valence-electron chi connectivity index (χ2n) is 13.6. The lowest BCUT2D eigenvalue weighted by Crippen LogP contribution is -2.09. The molecular formula is C51H34N4O. The molecule has 0 aliphatic carbocycles. The Morgan fingerprint density at radius 3 is 1.46 bits per heavy atom. The van der Waals surface area contributed by atoms with Crippen LogP contribution in [0, 0.1) is 0 Å². The molecule has 0 unspecified atom stereocenters. The maximum absolute atomic E-state index is 6.67. The summed E-state index contributed by atoms with van der Waals surface area (Å²) in [5.74, 6) is 1.83. The predicted octanol–water partition coefficient (Wildman–Crippen LogP) is 13.6. The normalized spacial score (nSPS) is 11.2. The molecule has 0 aliphatic heterocycles. The van der Waals surface area contributed by atoms with E-state index in [2.05, 4.69) is 132 Å². The van der Waals surface area contributed by atoms with E-state index in [0.29, 0.717) is 17.5 Å². The molecule has 0 saturated heterocycles. The number of fused-ring (bicyclic) bond motifs is 3. The molecule has 0 amide bonds. The second kappa shape index (κ2) is 14.3. The first-order chi connectivity index (χ1) is 27.8. The van der Waals surface area contributed by atoms with Crippen LogP contribution < -0.4 is 4.90 Å². The van der Waals surface area contributed by atoms with Crippen molar-refractivity contribution in [3.8, 4) is 56.4 Å². The molecule has 0 N–H and O–H groups in total. The van der Waals surface area contributed by atoms with E-state index in [0.717, 1.165) is 61.3 Å². The number of aromatic nitrogens is 3. The summed E-state index contributed by atoms with van der Waals surface area (Å²) in [4.78, 5) is 17.3. The van der Waals surface area contributed by atoms with Gasteiger partial charge in [0.15, 0.2) is 17.5 Å². The molecule has 56 heavy (non-hydrogen) atoms. The average Bonchev–Trinajstić information content (AvgIpc) is 3.66. The highest BCUT2D eigenvalue weighted by molar-refractivity contribution is 6.12. The number of furan rings is 1. The lowest BCUT2D eigenvalue weighted by atomic mass is 9.94. The lowest BCUT2D eigenvalue weighted by Gasteiger charge is -2.26. The van der Waals surface area contributed by atoms with E-state index in [1.807, 2.05) is 78.9 Å². The molecule has 264 valence electrons. The van der Waals surface area contributed by atoms with Gasteiger partial charge in [0.2, 0.25) is 0 Å². The molecule has 0 atom stereocenters. The van der Waals surface area contributed by atoms with Gasteiger partial charge in [0.05, 0.1) is 0 Å². The number of benzene rings is 8. The van der Waals surface area contributed by atoms with Crippen molar-refractivity contribution in [1.29, 1.82) is 0 Å². The largest absolute Gasteiger partial charge is 0.456 e. The van der Waals surface area contributed by atoms with Crippen molar-refractivity contribution in [2.75, 3.05) is 4.90 Å².